The zero-order chi connectivity index (χ0) is 11.9. The van der Waals surface area contributed by atoms with Gasteiger partial charge in [-0.05, 0) is 25.7 Å². The highest BCUT2D eigenvalue weighted by Gasteiger charge is 2.14. The second-order valence-corrected chi connectivity index (χ2v) is 4.14. The maximum Gasteiger partial charge on any atom is 0.218 e. The van der Waals surface area contributed by atoms with Crippen LogP contribution in [0.4, 0.5) is 5.82 Å². The van der Waals surface area contributed by atoms with Crippen LogP contribution in [0.1, 0.15) is 19.8 Å². The van der Waals surface area contributed by atoms with Crippen molar-refractivity contribution in [1.29, 1.82) is 0 Å². The van der Waals surface area contributed by atoms with Gasteiger partial charge in [0.15, 0.2) is 0 Å². The van der Waals surface area contributed by atoms with Gasteiger partial charge in [0.25, 0.3) is 0 Å². The van der Waals surface area contributed by atoms with Crippen LogP contribution >= 0.6 is 0 Å². The molecular formula is C12H19N3O2. The third kappa shape index (κ3) is 3.85. The van der Waals surface area contributed by atoms with Crippen LogP contribution in [0, 0.1) is 5.92 Å². The topological polar surface area (TPSA) is 56.3 Å². The standard InChI is InChI=1S/C12H19N3O2/c1-2-13-11-7-12(15-9-14-11)17-8-10-3-5-16-6-4-10/h7,9-10H,2-6,8H2,1H3,(H,13,14,15). The summed E-state index contributed by atoms with van der Waals surface area (Å²) in [6, 6.07) is 1.84. The molecule has 1 aromatic rings. The Bertz CT molecular complexity index is 340. The van der Waals surface area contributed by atoms with Gasteiger partial charge in [0.1, 0.15) is 12.1 Å². The van der Waals surface area contributed by atoms with Crippen molar-refractivity contribution in [3.05, 3.63) is 12.4 Å². The zero-order valence-electron chi connectivity index (χ0n) is 10.2. The highest BCUT2D eigenvalue weighted by molar-refractivity contribution is 5.36. The van der Waals surface area contributed by atoms with E-state index in [0.717, 1.165) is 38.4 Å². The summed E-state index contributed by atoms with van der Waals surface area (Å²) in [4.78, 5) is 8.20. The Morgan fingerprint density at radius 2 is 2.24 bits per heavy atom. The predicted molar refractivity (Wildman–Crippen MR) is 65.2 cm³/mol. The molecule has 0 saturated carbocycles. The molecule has 0 bridgehead atoms. The third-order valence-corrected chi connectivity index (χ3v) is 2.81. The minimum atomic E-state index is 0.585. The normalized spacial score (nSPS) is 16.8. The average Bonchev–Trinajstić information content (AvgIpc) is 2.39. The molecule has 0 radical (unpaired) electrons. The summed E-state index contributed by atoms with van der Waals surface area (Å²) in [5.41, 5.74) is 0. The van der Waals surface area contributed by atoms with Crippen molar-refractivity contribution in [3.63, 3.8) is 0 Å². The summed E-state index contributed by atoms with van der Waals surface area (Å²) >= 11 is 0. The van der Waals surface area contributed by atoms with E-state index in [-0.39, 0.29) is 0 Å². The van der Waals surface area contributed by atoms with Crippen molar-refractivity contribution in [2.45, 2.75) is 19.8 Å². The minimum Gasteiger partial charge on any atom is -0.477 e. The number of nitrogens with zero attached hydrogens (tertiary/aromatic N) is 2. The smallest absolute Gasteiger partial charge is 0.218 e. The van der Waals surface area contributed by atoms with Crippen LogP contribution in [0.3, 0.4) is 0 Å². The van der Waals surface area contributed by atoms with E-state index < -0.39 is 0 Å². The molecule has 94 valence electrons. The molecule has 0 aliphatic carbocycles. The molecule has 1 saturated heterocycles. The number of aromatic nitrogens is 2. The molecule has 2 heterocycles. The summed E-state index contributed by atoms with van der Waals surface area (Å²) in [7, 11) is 0. The Hall–Kier alpha value is -1.36. The molecule has 17 heavy (non-hydrogen) atoms. The van der Waals surface area contributed by atoms with Crippen LogP contribution in [0.2, 0.25) is 0 Å². The van der Waals surface area contributed by atoms with Crippen molar-refractivity contribution < 1.29 is 9.47 Å². The van der Waals surface area contributed by atoms with E-state index >= 15 is 0 Å². The molecule has 1 aromatic heterocycles. The summed E-state index contributed by atoms with van der Waals surface area (Å²) < 4.78 is 11.0. The highest BCUT2D eigenvalue weighted by atomic mass is 16.5. The first kappa shape index (κ1) is 12.1. The van der Waals surface area contributed by atoms with Gasteiger partial charge in [-0.25, -0.2) is 9.97 Å². The molecule has 0 aromatic carbocycles. The lowest BCUT2D eigenvalue weighted by atomic mass is 10.0. The first-order valence-corrected chi connectivity index (χ1v) is 6.15. The maximum absolute atomic E-state index is 5.69. The lowest BCUT2D eigenvalue weighted by molar-refractivity contribution is 0.0490. The maximum atomic E-state index is 5.69. The van der Waals surface area contributed by atoms with E-state index in [2.05, 4.69) is 15.3 Å². The first-order valence-electron chi connectivity index (χ1n) is 6.15. The molecule has 0 amide bonds. The van der Waals surface area contributed by atoms with Gasteiger partial charge >= 0.3 is 0 Å². The molecule has 5 nitrogen and oxygen atoms in total. The molecule has 1 fully saturated rings. The second kappa shape index (κ2) is 6.39. The van der Waals surface area contributed by atoms with Crippen molar-refractivity contribution in [2.24, 2.45) is 5.92 Å². The number of anilines is 1. The number of hydrogen-bond donors (Lipinski definition) is 1. The fourth-order valence-electron chi connectivity index (χ4n) is 1.81. The molecule has 1 N–H and O–H groups in total. The van der Waals surface area contributed by atoms with Crippen LogP contribution in [0.5, 0.6) is 5.88 Å². The van der Waals surface area contributed by atoms with Crippen molar-refractivity contribution in [2.75, 3.05) is 31.7 Å². The van der Waals surface area contributed by atoms with Gasteiger partial charge in [-0.15, -0.1) is 0 Å². The van der Waals surface area contributed by atoms with Crippen molar-refractivity contribution in [1.82, 2.24) is 9.97 Å². The average molecular weight is 237 g/mol. The first-order chi connectivity index (χ1) is 8.38. The lowest BCUT2D eigenvalue weighted by Gasteiger charge is -2.21. The summed E-state index contributed by atoms with van der Waals surface area (Å²) in [5.74, 6) is 2.04. The van der Waals surface area contributed by atoms with Crippen molar-refractivity contribution >= 4 is 5.82 Å². The van der Waals surface area contributed by atoms with E-state index in [1.807, 2.05) is 13.0 Å². The summed E-state index contributed by atoms with van der Waals surface area (Å²) in [5, 5.41) is 3.13. The largest absolute Gasteiger partial charge is 0.477 e. The van der Waals surface area contributed by atoms with E-state index in [0.29, 0.717) is 18.4 Å². The van der Waals surface area contributed by atoms with E-state index in [1.54, 1.807) is 0 Å². The van der Waals surface area contributed by atoms with Gasteiger partial charge in [0.05, 0.1) is 6.61 Å². The molecule has 2 rings (SSSR count). The monoisotopic (exact) mass is 237 g/mol. The summed E-state index contributed by atoms with van der Waals surface area (Å²) in [6.45, 7) is 5.29. The van der Waals surface area contributed by atoms with E-state index in [1.165, 1.54) is 6.33 Å². The van der Waals surface area contributed by atoms with Gasteiger partial charge in [-0.2, -0.15) is 0 Å². The number of hydrogen-bond acceptors (Lipinski definition) is 5. The fraction of sp³-hybridized carbons (Fsp3) is 0.667. The minimum absolute atomic E-state index is 0.585. The Labute approximate surface area is 102 Å². The molecule has 5 heteroatoms. The molecular weight excluding hydrogens is 218 g/mol. The predicted octanol–water partition coefficient (Wildman–Crippen LogP) is 1.71. The molecule has 1 aliphatic rings. The van der Waals surface area contributed by atoms with Crippen LogP contribution in [-0.4, -0.2) is 36.3 Å². The lowest BCUT2D eigenvalue weighted by Crippen LogP contribution is -2.21. The van der Waals surface area contributed by atoms with Gasteiger partial charge in [-0.3, -0.25) is 0 Å². The van der Waals surface area contributed by atoms with Crippen LogP contribution in [-0.2, 0) is 4.74 Å². The Morgan fingerprint density at radius 1 is 1.41 bits per heavy atom. The molecule has 0 spiro atoms. The van der Waals surface area contributed by atoms with Crippen LogP contribution < -0.4 is 10.1 Å². The van der Waals surface area contributed by atoms with Crippen LogP contribution in [0.25, 0.3) is 0 Å². The Balaban J connectivity index is 1.83. The Morgan fingerprint density at radius 3 is 3.00 bits per heavy atom. The van der Waals surface area contributed by atoms with E-state index in [4.69, 9.17) is 9.47 Å². The zero-order valence-corrected chi connectivity index (χ0v) is 10.2. The molecule has 0 unspecified atom stereocenters. The number of ether oxygens (including phenoxy) is 2. The van der Waals surface area contributed by atoms with E-state index in [9.17, 15) is 0 Å². The van der Waals surface area contributed by atoms with Crippen LogP contribution in [0.15, 0.2) is 12.4 Å². The summed E-state index contributed by atoms with van der Waals surface area (Å²) in [6.07, 6.45) is 3.67. The molecule has 0 atom stereocenters. The van der Waals surface area contributed by atoms with Crippen molar-refractivity contribution in [3.8, 4) is 5.88 Å². The van der Waals surface area contributed by atoms with Gasteiger partial charge in [0.2, 0.25) is 5.88 Å². The highest BCUT2D eigenvalue weighted by Crippen LogP contribution is 2.17. The SMILES string of the molecule is CCNc1cc(OCC2CCOCC2)ncn1. The fourth-order valence-corrected chi connectivity index (χ4v) is 1.81. The third-order valence-electron chi connectivity index (χ3n) is 2.81. The second-order valence-electron chi connectivity index (χ2n) is 4.14. The van der Waals surface area contributed by atoms with Gasteiger partial charge < -0.3 is 14.8 Å². The molecule has 1 aliphatic heterocycles. The number of nitrogens with one attached hydrogen (secondary N) is 1. The number of rotatable bonds is 5. The Kier molecular flexibility index (Phi) is 4.55. The quantitative estimate of drug-likeness (QED) is 0.845. The van der Waals surface area contributed by atoms with Gasteiger partial charge in [0, 0.05) is 25.8 Å². The van der Waals surface area contributed by atoms with Gasteiger partial charge in [-0.1, -0.05) is 0 Å².